The molecule has 1 aliphatic rings. The number of nitrogens with two attached hydrogens (primary N) is 1. The molecule has 0 aliphatic carbocycles. The van der Waals surface area contributed by atoms with Crippen molar-refractivity contribution >= 4 is 11.9 Å². The van der Waals surface area contributed by atoms with E-state index in [0.717, 1.165) is 27.8 Å². The summed E-state index contributed by atoms with van der Waals surface area (Å²) in [5, 5.41) is 9.26. The zero-order valence-electron chi connectivity index (χ0n) is 15.5. The second kappa shape index (κ2) is 6.94. The maximum Gasteiger partial charge on any atom is 0.266 e. The zero-order valence-corrected chi connectivity index (χ0v) is 15.5. The highest BCUT2D eigenvalue weighted by Crippen LogP contribution is 2.40. The molecule has 1 unspecified atom stereocenters. The van der Waals surface area contributed by atoms with Gasteiger partial charge in [0, 0.05) is 7.05 Å². The zero-order chi connectivity index (χ0) is 19.7. The third-order valence-electron chi connectivity index (χ3n) is 5.18. The minimum atomic E-state index is -1.19. The van der Waals surface area contributed by atoms with Gasteiger partial charge in [0.25, 0.3) is 5.91 Å². The highest BCUT2D eigenvalue weighted by molar-refractivity contribution is 6.09. The van der Waals surface area contributed by atoms with Crippen LogP contribution in [0, 0.1) is 0 Å². The molecular weight excluding hydrogens is 350 g/mol. The molecule has 3 aromatic carbocycles. The van der Waals surface area contributed by atoms with E-state index < -0.39 is 5.54 Å². The van der Waals surface area contributed by atoms with E-state index in [1.54, 1.807) is 7.05 Å². The standard InChI is InChI=1S/C23H21N3O2/c1-26-21(28)23(25-22(26)24,19-7-3-2-4-8-19)20-9-5-6-18(14-20)17-12-10-16(15-27)11-13-17/h2-14,27H,15H2,1H3,(H2,24,25). The van der Waals surface area contributed by atoms with Gasteiger partial charge in [0.1, 0.15) is 0 Å². The van der Waals surface area contributed by atoms with E-state index in [-0.39, 0.29) is 18.5 Å². The second-order valence-electron chi connectivity index (χ2n) is 6.85. The number of aliphatic hydroxyl groups is 1. The normalized spacial score (nSPS) is 19.0. The van der Waals surface area contributed by atoms with Gasteiger partial charge in [-0.1, -0.05) is 72.8 Å². The Kier molecular flexibility index (Phi) is 4.45. The first-order valence-corrected chi connectivity index (χ1v) is 9.06. The van der Waals surface area contributed by atoms with Crippen LogP contribution in [0.3, 0.4) is 0 Å². The number of likely N-dealkylation sites (N-methyl/N-ethyl adjacent to an activating group) is 1. The van der Waals surface area contributed by atoms with E-state index in [1.807, 2.05) is 78.9 Å². The van der Waals surface area contributed by atoms with Crippen molar-refractivity contribution in [2.24, 2.45) is 10.7 Å². The summed E-state index contributed by atoms with van der Waals surface area (Å²) in [5.41, 5.74) is 9.20. The lowest BCUT2D eigenvalue weighted by atomic mass is 9.82. The largest absolute Gasteiger partial charge is 0.392 e. The fourth-order valence-corrected chi connectivity index (χ4v) is 3.59. The van der Waals surface area contributed by atoms with Crippen molar-refractivity contribution in [2.75, 3.05) is 7.05 Å². The van der Waals surface area contributed by atoms with Crippen LogP contribution < -0.4 is 5.73 Å². The van der Waals surface area contributed by atoms with Gasteiger partial charge in [-0.05, 0) is 33.9 Å². The average Bonchev–Trinajstić information content (AvgIpc) is 2.99. The summed E-state index contributed by atoms with van der Waals surface area (Å²) in [6.45, 7) is 0.00622. The Morgan fingerprint density at radius 2 is 1.61 bits per heavy atom. The summed E-state index contributed by atoms with van der Waals surface area (Å²) < 4.78 is 0. The van der Waals surface area contributed by atoms with Crippen LogP contribution in [0.25, 0.3) is 11.1 Å². The van der Waals surface area contributed by atoms with Crippen LogP contribution in [0.5, 0.6) is 0 Å². The summed E-state index contributed by atoms with van der Waals surface area (Å²) >= 11 is 0. The second-order valence-corrected chi connectivity index (χ2v) is 6.85. The van der Waals surface area contributed by atoms with Crippen molar-refractivity contribution in [1.82, 2.24) is 4.90 Å². The van der Waals surface area contributed by atoms with Crippen LogP contribution in [0.1, 0.15) is 16.7 Å². The van der Waals surface area contributed by atoms with E-state index in [4.69, 9.17) is 5.73 Å². The number of amides is 1. The number of carbonyl (C=O) groups excluding carboxylic acids is 1. The lowest BCUT2D eigenvalue weighted by Gasteiger charge is -2.26. The topological polar surface area (TPSA) is 78.9 Å². The van der Waals surface area contributed by atoms with Crippen LogP contribution >= 0.6 is 0 Å². The molecule has 5 heteroatoms. The summed E-state index contributed by atoms with van der Waals surface area (Å²) in [6, 6.07) is 25.0. The first kappa shape index (κ1) is 17.9. The average molecular weight is 371 g/mol. The number of carbonyl (C=O) groups is 1. The molecular formula is C23H21N3O2. The Morgan fingerprint density at radius 1 is 0.929 bits per heavy atom. The summed E-state index contributed by atoms with van der Waals surface area (Å²) in [7, 11) is 1.64. The van der Waals surface area contributed by atoms with Crippen molar-refractivity contribution < 1.29 is 9.90 Å². The summed E-state index contributed by atoms with van der Waals surface area (Å²) in [6.07, 6.45) is 0. The van der Waals surface area contributed by atoms with Crippen LogP contribution in [-0.2, 0) is 16.9 Å². The summed E-state index contributed by atoms with van der Waals surface area (Å²) in [5.74, 6) is 0.0236. The highest BCUT2D eigenvalue weighted by Gasteiger charge is 2.49. The summed E-state index contributed by atoms with van der Waals surface area (Å²) in [4.78, 5) is 19.3. The third-order valence-corrected chi connectivity index (χ3v) is 5.18. The fraction of sp³-hybridized carbons (Fsp3) is 0.130. The van der Waals surface area contributed by atoms with Gasteiger partial charge in [-0.25, -0.2) is 4.99 Å². The molecule has 0 aromatic heterocycles. The Balaban J connectivity index is 1.88. The van der Waals surface area contributed by atoms with E-state index in [0.29, 0.717) is 0 Å². The Bertz CT molecular complexity index is 1040. The van der Waals surface area contributed by atoms with Crippen molar-refractivity contribution in [3.8, 4) is 11.1 Å². The van der Waals surface area contributed by atoms with E-state index in [1.165, 1.54) is 4.90 Å². The SMILES string of the molecule is CN1C(=O)C(c2ccccc2)(c2cccc(-c3ccc(CO)cc3)c2)N=C1N. The maximum atomic E-state index is 13.3. The first-order chi connectivity index (χ1) is 13.6. The van der Waals surface area contributed by atoms with Gasteiger partial charge in [0.2, 0.25) is 0 Å². The van der Waals surface area contributed by atoms with Crippen molar-refractivity contribution in [1.29, 1.82) is 0 Å². The number of nitrogens with zero attached hydrogens (tertiary/aromatic N) is 2. The molecule has 0 saturated heterocycles. The minimum Gasteiger partial charge on any atom is -0.392 e. The number of aliphatic imine (C=N–C) groups is 1. The molecule has 1 aliphatic heterocycles. The van der Waals surface area contributed by atoms with Crippen LogP contribution in [0.4, 0.5) is 0 Å². The van der Waals surface area contributed by atoms with E-state index >= 15 is 0 Å². The lowest BCUT2D eigenvalue weighted by molar-refractivity contribution is -0.129. The van der Waals surface area contributed by atoms with Gasteiger partial charge in [-0.3, -0.25) is 9.69 Å². The Labute approximate surface area is 163 Å². The molecule has 1 atom stereocenters. The predicted molar refractivity (Wildman–Crippen MR) is 109 cm³/mol. The molecule has 28 heavy (non-hydrogen) atoms. The van der Waals surface area contributed by atoms with Crippen LogP contribution in [0.15, 0.2) is 83.9 Å². The highest BCUT2D eigenvalue weighted by atomic mass is 16.3. The van der Waals surface area contributed by atoms with Gasteiger partial charge >= 0.3 is 0 Å². The Hall–Kier alpha value is -3.44. The van der Waals surface area contributed by atoms with Gasteiger partial charge in [0.15, 0.2) is 11.5 Å². The van der Waals surface area contributed by atoms with Crippen molar-refractivity contribution in [2.45, 2.75) is 12.1 Å². The van der Waals surface area contributed by atoms with Crippen LogP contribution in [0.2, 0.25) is 0 Å². The van der Waals surface area contributed by atoms with Gasteiger partial charge in [-0.2, -0.15) is 0 Å². The van der Waals surface area contributed by atoms with Crippen molar-refractivity contribution in [3.05, 3.63) is 95.6 Å². The third kappa shape index (κ3) is 2.77. The lowest BCUT2D eigenvalue weighted by Crippen LogP contribution is -2.41. The molecule has 0 saturated carbocycles. The van der Waals surface area contributed by atoms with Crippen molar-refractivity contribution in [3.63, 3.8) is 0 Å². The van der Waals surface area contributed by atoms with Gasteiger partial charge in [-0.15, -0.1) is 0 Å². The molecule has 3 aromatic rings. The molecule has 140 valence electrons. The molecule has 4 rings (SSSR count). The number of hydrogen-bond acceptors (Lipinski definition) is 4. The van der Waals surface area contributed by atoms with Gasteiger partial charge in [0.05, 0.1) is 6.61 Å². The smallest absolute Gasteiger partial charge is 0.266 e. The Morgan fingerprint density at radius 3 is 2.21 bits per heavy atom. The van der Waals surface area contributed by atoms with Gasteiger partial charge < -0.3 is 10.8 Å². The fourth-order valence-electron chi connectivity index (χ4n) is 3.59. The quantitative estimate of drug-likeness (QED) is 0.740. The monoisotopic (exact) mass is 371 g/mol. The molecule has 0 radical (unpaired) electrons. The number of rotatable bonds is 4. The van der Waals surface area contributed by atoms with E-state index in [2.05, 4.69) is 4.99 Å². The predicted octanol–water partition coefficient (Wildman–Crippen LogP) is 2.88. The number of benzene rings is 3. The minimum absolute atomic E-state index is 0.00622. The number of guanidine groups is 1. The molecule has 0 spiro atoms. The molecule has 1 heterocycles. The number of aliphatic hydroxyl groups excluding tert-OH is 1. The molecule has 0 fully saturated rings. The number of hydrogen-bond donors (Lipinski definition) is 2. The first-order valence-electron chi connectivity index (χ1n) is 9.06. The molecule has 3 N–H and O–H groups in total. The molecule has 0 bridgehead atoms. The van der Waals surface area contributed by atoms with Crippen LogP contribution in [-0.4, -0.2) is 28.9 Å². The molecule has 1 amide bonds. The maximum absolute atomic E-state index is 13.3. The van der Waals surface area contributed by atoms with E-state index in [9.17, 15) is 9.90 Å². The molecule has 5 nitrogen and oxygen atoms in total.